The van der Waals surface area contributed by atoms with Gasteiger partial charge in [0.15, 0.2) is 0 Å². The topological polar surface area (TPSA) is 129 Å². The third kappa shape index (κ3) is 10.3. The minimum absolute atomic E-state index is 0.0403. The molecule has 2 aliphatic rings. The second kappa shape index (κ2) is 15.1. The zero-order valence-electron chi connectivity index (χ0n) is 25.8. The fourth-order valence-corrected chi connectivity index (χ4v) is 5.57. The molecule has 0 aromatic heterocycles. The summed E-state index contributed by atoms with van der Waals surface area (Å²) in [4.78, 5) is 29.6. The van der Waals surface area contributed by atoms with Gasteiger partial charge in [-0.25, -0.2) is 9.18 Å². The molecule has 0 radical (unpaired) electrons. The number of halogens is 1. The van der Waals surface area contributed by atoms with Gasteiger partial charge in [0.05, 0.1) is 18.2 Å². The number of amides is 1. The van der Waals surface area contributed by atoms with Crippen molar-refractivity contribution in [3.8, 4) is 0 Å². The summed E-state index contributed by atoms with van der Waals surface area (Å²) in [5, 5.41) is 10.5. The summed E-state index contributed by atoms with van der Waals surface area (Å²) in [5.41, 5.74) is 0.974. The Morgan fingerprint density at radius 1 is 1.14 bits per heavy atom. The summed E-state index contributed by atoms with van der Waals surface area (Å²) in [7, 11) is 0.866. The summed E-state index contributed by atoms with van der Waals surface area (Å²) in [6.45, 7) is 8.21. The van der Waals surface area contributed by atoms with Gasteiger partial charge >= 0.3 is 22.3 Å². The van der Waals surface area contributed by atoms with Crippen molar-refractivity contribution >= 4 is 34.0 Å². The summed E-state index contributed by atoms with van der Waals surface area (Å²) < 4.78 is 54.0. The van der Waals surface area contributed by atoms with Crippen LogP contribution < -0.4 is 4.72 Å². The maximum absolute atomic E-state index is 14.5. The van der Waals surface area contributed by atoms with Crippen LogP contribution in [0.2, 0.25) is 0 Å². The molecule has 1 amide bonds. The lowest BCUT2D eigenvalue weighted by atomic mass is 9.91. The first-order valence-corrected chi connectivity index (χ1v) is 16.0. The lowest BCUT2D eigenvalue weighted by Gasteiger charge is -2.33. The van der Waals surface area contributed by atoms with Gasteiger partial charge in [-0.1, -0.05) is 26.0 Å². The van der Waals surface area contributed by atoms with Crippen LogP contribution in [0.25, 0.3) is 6.08 Å². The molecule has 43 heavy (non-hydrogen) atoms. The van der Waals surface area contributed by atoms with Crippen LogP contribution in [0.15, 0.2) is 35.9 Å². The van der Waals surface area contributed by atoms with E-state index in [4.69, 9.17) is 9.47 Å². The van der Waals surface area contributed by atoms with Crippen LogP contribution in [-0.4, -0.2) is 105 Å². The average Bonchev–Trinajstić information content (AvgIpc) is 2.91. The number of esters is 1. The molecule has 13 heteroatoms. The minimum Gasteiger partial charge on any atom is -0.457 e. The smallest absolute Gasteiger partial charge is 0.410 e. The third-order valence-corrected chi connectivity index (χ3v) is 9.20. The first kappa shape index (κ1) is 34.5. The maximum Gasteiger partial charge on any atom is 0.410 e. The number of aliphatic hydroxyl groups excluding tert-OH is 1. The van der Waals surface area contributed by atoms with E-state index in [1.807, 2.05) is 33.0 Å². The molecule has 1 aromatic rings. The van der Waals surface area contributed by atoms with E-state index in [0.29, 0.717) is 37.1 Å². The van der Waals surface area contributed by atoms with Crippen LogP contribution in [0.5, 0.6) is 0 Å². The van der Waals surface area contributed by atoms with Gasteiger partial charge in [0.25, 0.3) is 0 Å². The Kier molecular flexibility index (Phi) is 12.1. The Bertz CT molecular complexity index is 1300. The molecular formula is C30H45FN4O7S. The molecule has 2 heterocycles. The van der Waals surface area contributed by atoms with Gasteiger partial charge in [-0.05, 0) is 68.1 Å². The van der Waals surface area contributed by atoms with Gasteiger partial charge in [-0.3, -0.25) is 9.52 Å². The van der Waals surface area contributed by atoms with Crippen molar-refractivity contribution in [2.24, 2.45) is 11.8 Å². The first-order chi connectivity index (χ1) is 20.1. The van der Waals surface area contributed by atoms with E-state index in [2.05, 4.69) is 9.62 Å². The number of likely N-dealkylation sites (N-methyl/N-ethyl adjacent to an activating group) is 1. The van der Waals surface area contributed by atoms with Crippen LogP contribution in [0.3, 0.4) is 0 Å². The monoisotopic (exact) mass is 624 g/mol. The number of cyclic esters (lactones) is 1. The van der Waals surface area contributed by atoms with E-state index in [9.17, 15) is 27.5 Å². The molecule has 1 aromatic carbocycles. The summed E-state index contributed by atoms with van der Waals surface area (Å²) in [5.74, 6) is -1.72. The van der Waals surface area contributed by atoms with Crippen molar-refractivity contribution < 1.29 is 37.0 Å². The van der Waals surface area contributed by atoms with Gasteiger partial charge in [-0.2, -0.15) is 12.7 Å². The molecule has 240 valence electrons. The second-order valence-electron chi connectivity index (χ2n) is 11.8. The Morgan fingerprint density at radius 2 is 1.81 bits per heavy atom. The number of ether oxygens (including phenoxy) is 2. The standard InChI is InChI=1S/C30H45FN4O7S/c1-20-7-9-26(36)19-28(37)42-29(21(2)8-10-27(20)41-30(38)35-13-11-34(6)12-14-35)22(3)15-23-16-24(31)18-25(17-23)32-43(39,40)33(4)5/h8,10,15-18,20-21,26-27,29,32,36H,7,9,11-14,19H2,1-6H3/b10-8?,22-15+/t20-,21-,26+,27-,29-/m0/s1. The second-order valence-corrected chi connectivity index (χ2v) is 13.6. The molecular weight excluding hydrogens is 579 g/mol. The predicted octanol–water partition coefficient (Wildman–Crippen LogP) is 3.48. The highest BCUT2D eigenvalue weighted by Gasteiger charge is 2.29. The quantitative estimate of drug-likeness (QED) is 0.364. The molecule has 0 unspecified atom stereocenters. The van der Waals surface area contributed by atoms with Crippen molar-refractivity contribution in [2.45, 2.75) is 58.3 Å². The highest BCUT2D eigenvalue weighted by Crippen LogP contribution is 2.27. The molecule has 0 spiro atoms. The van der Waals surface area contributed by atoms with Crippen LogP contribution >= 0.6 is 0 Å². The number of nitrogens with zero attached hydrogens (tertiary/aromatic N) is 3. The van der Waals surface area contributed by atoms with Crippen molar-refractivity contribution in [3.05, 3.63) is 47.3 Å². The SMILES string of the molecule is C/C(=C\c1cc(F)cc(NS(=O)(=O)N(C)C)c1)[C@H]1OC(=O)C[C@H](O)CC[C@H](C)[C@@H](OC(=O)N2CCN(C)CC2)C=C[C@@H]1C. The molecule has 1 fully saturated rings. The minimum atomic E-state index is -3.85. The van der Waals surface area contributed by atoms with Gasteiger partial charge < -0.3 is 24.4 Å². The number of carbonyl (C=O) groups excluding carboxylic acids is 2. The Balaban J connectivity index is 1.88. The predicted molar refractivity (Wildman–Crippen MR) is 163 cm³/mol. The number of nitrogens with one attached hydrogen (secondary N) is 1. The fraction of sp³-hybridized carbons (Fsp3) is 0.600. The molecule has 2 N–H and O–H groups in total. The summed E-state index contributed by atoms with van der Waals surface area (Å²) >= 11 is 0. The normalized spacial score (nSPS) is 26.8. The molecule has 1 saturated heterocycles. The van der Waals surface area contributed by atoms with Crippen molar-refractivity contribution in [2.75, 3.05) is 52.0 Å². The number of aliphatic hydroxyl groups is 1. The number of piperazine rings is 1. The van der Waals surface area contributed by atoms with E-state index in [-0.39, 0.29) is 30.0 Å². The van der Waals surface area contributed by atoms with E-state index in [0.717, 1.165) is 23.5 Å². The van der Waals surface area contributed by atoms with Crippen molar-refractivity contribution in [3.63, 3.8) is 0 Å². The zero-order valence-corrected chi connectivity index (χ0v) is 26.6. The number of carbonyl (C=O) groups is 2. The van der Waals surface area contributed by atoms with Gasteiger partial charge in [0.2, 0.25) is 0 Å². The Morgan fingerprint density at radius 3 is 2.47 bits per heavy atom. The molecule has 2 aliphatic heterocycles. The molecule has 0 bridgehead atoms. The average molecular weight is 625 g/mol. The highest BCUT2D eigenvalue weighted by molar-refractivity contribution is 7.90. The third-order valence-electron chi connectivity index (χ3n) is 7.75. The Hall–Kier alpha value is -3.00. The first-order valence-electron chi connectivity index (χ1n) is 14.5. The van der Waals surface area contributed by atoms with Gasteiger partial charge in [-0.15, -0.1) is 0 Å². The van der Waals surface area contributed by atoms with Crippen LogP contribution in [0.1, 0.15) is 45.6 Å². The number of rotatable bonds is 6. The zero-order chi connectivity index (χ0) is 31.9. The van der Waals surface area contributed by atoms with Crippen molar-refractivity contribution in [1.29, 1.82) is 0 Å². The van der Waals surface area contributed by atoms with Crippen molar-refractivity contribution in [1.82, 2.24) is 14.1 Å². The summed E-state index contributed by atoms with van der Waals surface area (Å²) in [6, 6.07) is 3.79. The van der Waals surface area contributed by atoms with E-state index in [1.165, 1.54) is 26.2 Å². The molecule has 11 nitrogen and oxygen atoms in total. The fourth-order valence-electron chi connectivity index (χ4n) is 4.97. The number of benzene rings is 1. The highest BCUT2D eigenvalue weighted by atomic mass is 32.2. The maximum atomic E-state index is 14.5. The van der Waals surface area contributed by atoms with Gasteiger partial charge in [0, 0.05) is 46.2 Å². The van der Waals surface area contributed by atoms with E-state index < -0.39 is 40.3 Å². The molecule has 5 atom stereocenters. The lowest BCUT2D eigenvalue weighted by Crippen LogP contribution is -2.48. The molecule has 0 aliphatic carbocycles. The number of hydrogen-bond donors (Lipinski definition) is 2. The number of hydrogen-bond acceptors (Lipinski definition) is 8. The van der Waals surface area contributed by atoms with Crippen LogP contribution in [0.4, 0.5) is 14.9 Å². The Labute approximate surface area is 254 Å². The van der Waals surface area contributed by atoms with Gasteiger partial charge in [0.1, 0.15) is 18.0 Å². The largest absolute Gasteiger partial charge is 0.457 e. The molecule has 0 saturated carbocycles. The summed E-state index contributed by atoms with van der Waals surface area (Å²) in [6.07, 6.45) is 3.28. The molecule has 3 rings (SSSR count). The van der Waals surface area contributed by atoms with E-state index >= 15 is 0 Å². The lowest BCUT2D eigenvalue weighted by molar-refractivity contribution is -0.151. The van der Waals surface area contributed by atoms with Crippen LogP contribution in [0, 0.1) is 17.7 Å². The van der Waals surface area contributed by atoms with E-state index in [1.54, 1.807) is 17.9 Å². The number of anilines is 1. The van der Waals surface area contributed by atoms with Crippen LogP contribution in [-0.2, 0) is 24.5 Å².